The molecule has 2 amide bonds. The molecule has 0 aliphatic carbocycles. The van der Waals surface area contributed by atoms with Gasteiger partial charge in [0.1, 0.15) is 0 Å². The van der Waals surface area contributed by atoms with Crippen LogP contribution in [0.2, 0.25) is 5.02 Å². The van der Waals surface area contributed by atoms with E-state index >= 15 is 0 Å². The largest absolute Gasteiger partial charge is 0.493 e. The molecule has 0 fully saturated rings. The van der Waals surface area contributed by atoms with Crippen molar-refractivity contribution in [3.63, 3.8) is 0 Å². The van der Waals surface area contributed by atoms with Crippen molar-refractivity contribution >= 4 is 34.8 Å². The number of rotatable bonds is 8. The summed E-state index contributed by atoms with van der Waals surface area (Å²) in [6.07, 6.45) is 0. The van der Waals surface area contributed by atoms with Crippen LogP contribution >= 0.6 is 22.9 Å². The Bertz CT molecular complexity index is 749. The SMILES string of the molecule is CCN(Cc1cccs1)C(=O)c1cc(Cl)c(OCC(N)=O)c(OC)c1. The molecule has 25 heavy (non-hydrogen) atoms. The third kappa shape index (κ3) is 4.87. The molecule has 2 aromatic rings. The maximum absolute atomic E-state index is 12.8. The highest BCUT2D eigenvalue weighted by molar-refractivity contribution is 7.09. The Morgan fingerprint density at radius 1 is 1.36 bits per heavy atom. The molecule has 134 valence electrons. The van der Waals surface area contributed by atoms with Gasteiger partial charge in [-0.3, -0.25) is 9.59 Å². The van der Waals surface area contributed by atoms with Crippen LogP contribution in [-0.4, -0.2) is 37.0 Å². The number of primary amides is 1. The highest BCUT2D eigenvalue weighted by atomic mass is 35.5. The van der Waals surface area contributed by atoms with E-state index in [1.807, 2.05) is 24.4 Å². The van der Waals surface area contributed by atoms with Gasteiger partial charge in [-0.1, -0.05) is 17.7 Å². The molecular formula is C17H19ClN2O4S. The summed E-state index contributed by atoms with van der Waals surface area (Å²) in [5.41, 5.74) is 5.46. The average molecular weight is 383 g/mol. The lowest BCUT2D eigenvalue weighted by Crippen LogP contribution is -2.30. The molecule has 0 atom stereocenters. The molecule has 6 nitrogen and oxygen atoms in total. The highest BCUT2D eigenvalue weighted by Gasteiger charge is 2.20. The molecule has 0 saturated heterocycles. The number of carbonyl (C=O) groups is 2. The summed E-state index contributed by atoms with van der Waals surface area (Å²) in [7, 11) is 1.43. The first-order valence-electron chi connectivity index (χ1n) is 7.56. The maximum atomic E-state index is 12.8. The molecule has 0 saturated carbocycles. The average Bonchev–Trinajstić information content (AvgIpc) is 3.10. The zero-order chi connectivity index (χ0) is 18.4. The Morgan fingerprint density at radius 3 is 2.68 bits per heavy atom. The topological polar surface area (TPSA) is 81.9 Å². The molecule has 1 aromatic carbocycles. The first kappa shape index (κ1) is 19.1. The molecule has 0 aliphatic heterocycles. The summed E-state index contributed by atoms with van der Waals surface area (Å²) >= 11 is 7.80. The second-order valence-corrected chi connectivity index (χ2v) is 6.58. The Kier molecular flexibility index (Phi) is 6.66. The molecule has 0 spiro atoms. The van der Waals surface area contributed by atoms with E-state index in [0.29, 0.717) is 18.7 Å². The molecule has 0 bridgehead atoms. The maximum Gasteiger partial charge on any atom is 0.255 e. The minimum atomic E-state index is -0.633. The predicted octanol–water partition coefficient (Wildman–Crippen LogP) is 2.94. The van der Waals surface area contributed by atoms with Crippen molar-refractivity contribution in [2.75, 3.05) is 20.3 Å². The van der Waals surface area contributed by atoms with Crippen LogP contribution in [0, 0.1) is 0 Å². The van der Waals surface area contributed by atoms with Gasteiger partial charge in [-0.05, 0) is 30.5 Å². The smallest absolute Gasteiger partial charge is 0.255 e. The van der Waals surface area contributed by atoms with E-state index in [1.165, 1.54) is 13.2 Å². The van der Waals surface area contributed by atoms with Gasteiger partial charge in [-0.2, -0.15) is 0 Å². The van der Waals surface area contributed by atoms with E-state index in [-0.39, 0.29) is 29.0 Å². The lowest BCUT2D eigenvalue weighted by atomic mass is 10.1. The number of carbonyl (C=O) groups excluding carboxylic acids is 2. The van der Waals surface area contributed by atoms with Crippen molar-refractivity contribution < 1.29 is 19.1 Å². The number of hydrogen-bond donors (Lipinski definition) is 1. The van der Waals surface area contributed by atoms with Crippen molar-refractivity contribution in [2.45, 2.75) is 13.5 Å². The van der Waals surface area contributed by atoms with Gasteiger partial charge in [0, 0.05) is 17.0 Å². The third-order valence-electron chi connectivity index (χ3n) is 3.43. The molecule has 0 radical (unpaired) electrons. The number of nitrogens with two attached hydrogens (primary N) is 1. The number of thiophene rings is 1. The van der Waals surface area contributed by atoms with E-state index in [9.17, 15) is 9.59 Å². The van der Waals surface area contributed by atoms with Crippen LogP contribution in [-0.2, 0) is 11.3 Å². The fourth-order valence-electron chi connectivity index (χ4n) is 2.23. The van der Waals surface area contributed by atoms with Crippen molar-refractivity contribution in [1.82, 2.24) is 4.90 Å². The van der Waals surface area contributed by atoms with Crippen molar-refractivity contribution in [1.29, 1.82) is 0 Å². The fourth-order valence-corrected chi connectivity index (χ4v) is 3.21. The van der Waals surface area contributed by atoms with Gasteiger partial charge in [-0.15, -0.1) is 11.3 Å². The van der Waals surface area contributed by atoms with E-state index in [2.05, 4.69) is 0 Å². The summed E-state index contributed by atoms with van der Waals surface area (Å²) in [6.45, 7) is 2.65. The van der Waals surface area contributed by atoms with Crippen LogP contribution in [0.5, 0.6) is 11.5 Å². The monoisotopic (exact) mass is 382 g/mol. The molecule has 0 aliphatic rings. The Morgan fingerprint density at radius 2 is 2.12 bits per heavy atom. The van der Waals surface area contributed by atoms with E-state index in [4.69, 9.17) is 26.8 Å². The van der Waals surface area contributed by atoms with Gasteiger partial charge >= 0.3 is 0 Å². The molecule has 2 N–H and O–H groups in total. The van der Waals surface area contributed by atoms with E-state index in [0.717, 1.165) is 4.88 Å². The number of nitrogens with zero attached hydrogens (tertiary/aromatic N) is 1. The number of hydrogen-bond acceptors (Lipinski definition) is 5. The zero-order valence-electron chi connectivity index (χ0n) is 14.0. The number of amides is 2. The van der Waals surface area contributed by atoms with E-state index in [1.54, 1.807) is 22.3 Å². The van der Waals surface area contributed by atoms with Crippen LogP contribution in [0.15, 0.2) is 29.6 Å². The second-order valence-electron chi connectivity index (χ2n) is 5.14. The first-order chi connectivity index (χ1) is 12.0. The predicted molar refractivity (Wildman–Crippen MR) is 97.4 cm³/mol. The highest BCUT2D eigenvalue weighted by Crippen LogP contribution is 2.36. The normalized spacial score (nSPS) is 10.4. The molecule has 1 heterocycles. The Labute approximate surface area is 155 Å². The molecular weight excluding hydrogens is 364 g/mol. The molecule has 1 aromatic heterocycles. The number of benzene rings is 1. The Balaban J connectivity index is 2.26. The fraction of sp³-hybridized carbons (Fsp3) is 0.294. The minimum absolute atomic E-state index is 0.169. The quantitative estimate of drug-likeness (QED) is 0.761. The van der Waals surface area contributed by atoms with Crippen LogP contribution < -0.4 is 15.2 Å². The molecule has 2 rings (SSSR count). The van der Waals surface area contributed by atoms with Gasteiger partial charge in [-0.25, -0.2) is 0 Å². The number of ether oxygens (including phenoxy) is 2. The third-order valence-corrected chi connectivity index (χ3v) is 4.57. The summed E-state index contributed by atoms with van der Waals surface area (Å²) in [4.78, 5) is 26.5. The molecule has 8 heteroatoms. The van der Waals surface area contributed by atoms with Crippen molar-refractivity contribution in [3.05, 3.63) is 45.1 Å². The summed E-state index contributed by atoms with van der Waals surface area (Å²) < 4.78 is 10.5. The van der Waals surface area contributed by atoms with Crippen LogP contribution in [0.3, 0.4) is 0 Å². The zero-order valence-corrected chi connectivity index (χ0v) is 15.5. The van der Waals surface area contributed by atoms with Crippen molar-refractivity contribution in [3.8, 4) is 11.5 Å². The van der Waals surface area contributed by atoms with Gasteiger partial charge < -0.3 is 20.1 Å². The van der Waals surface area contributed by atoms with Crippen LogP contribution in [0.25, 0.3) is 0 Å². The lowest BCUT2D eigenvalue weighted by molar-refractivity contribution is -0.119. The number of halogens is 1. The minimum Gasteiger partial charge on any atom is -0.493 e. The number of methoxy groups -OCH3 is 1. The van der Waals surface area contributed by atoms with Gasteiger partial charge in [0.15, 0.2) is 18.1 Å². The summed E-state index contributed by atoms with van der Waals surface area (Å²) in [6, 6.07) is 6.97. The Hall–Kier alpha value is -2.25. The van der Waals surface area contributed by atoms with E-state index < -0.39 is 5.91 Å². The van der Waals surface area contributed by atoms with Crippen LogP contribution in [0.4, 0.5) is 0 Å². The summed E-state index contributed by atoms with van der Waals surface area (Å²) in [5, 5.41) is 2.15. The lowest BCUT2D eigenvalue weighted by Gasteiger charge is -2.21. The van der Waals surface area contributed by atoms with Gasteiger partial charge in [0.25, 0.3) is 11.8 Å². The molecule has 0 unspecified atom stereocenters. The summed E-state index contributed by atoms with van der Waals surface area (Å²) in [5.74, 6) is -0.353. The van der Waals surface area contributed by atoms with Crippen molar-refractivity contribution in [2.24, 2.45) is 5.73 Å². The van der Waals surface area contributed by atoms with Gasteiger partial charge in [0.05, 0.1) is 18.7 Å². The van der Waals surface area contributed by atoms with Gasteiger partial charge in [0.2, 0.25) is 0 Å². The standard InChI is InChI=1S/C17H19ClN2O4S/c1-3-20(9-12-5-4-6-25-12)17(22)11-7-13(18)16(14(8-11)23-2)24-10-15(19)21/h4-8H,3,9-10H2,1-2H3,(H2,19,21). The van der Waals surface area contributed by atoms with Crippen LogP contribution in [0.1, 0.15) is 22.2 Å². The second kappa shape index (κ2) is 8.73. The first-order valence-corrected chi connectivity index (χ1v) is 8.82.